The van der Waals surface area contributed by atoms with Gasteiger partial charge in [-0.25, -0.2) is 0 Å². The molecule has 15 heavy (non-hydrogen) atoms. The van der Waals surface area contributed by atoms with E-state index in [1.165, 1.54) is 12.1 Å². The molecular weight excluding hydrogens is 199 g/mol. The van der Waals surface area contributed by atoms with Gasteiger partial charge in [-0.15, -0.1) is 0 Å². The van der Waals surface area contributed by atoms with E-state index in [1.807, 2.05) is 0 Å². The van der Waals surface area contributed by atoms with Crippen molar-refractivity contribution >= 4 is 5.69 Å². The van der Waals surface area contributed by atoms with Crippen LogP contribution in [0.5, 0.6) is 0 Å². The molecule has 1 atom stereocenters. The molecule has 4 nitrogen and oxygen atoms in total. The number of nitro groups is 1. The second-order valence-electron chi connectivity index (χ2n) is 3.66. The van der Waals surface area contributed by atoms with Gasteiger partial charge in [-0.2, -0.15) is 4.39 Å². The third-order valence-corrected chi connectivity index (χ3v) is 2.70. The Morgan fingerprint density at radius 3 is 2.93 bits per heavy atom. The number of benzene rings is 1. The van der Waals surface area contributed by atoms with Crippen LogP contribution in [0.1, 0.15) is 17.9 Å². The van der Waals surface area contributed by atoms with E-state index < -0.39 is 16.4 Å². The van der Waals surface area contributed by atoms with Crippen LogP contribution in [0.3, 0.4) is 0 Å². The summed E-state index contributed by atoms with van der Waals surface area (Å²) in [6, 6.07) is 4.14. The molecule has 0 bridgehead atoms. The topological polar surface area (TPSA) is 55.2 Å². The van der Waals surface area contributed by atoms with Gasteiger partial charge in [-0.3, -0.25) is 10.1 Å². The van der Waals surface area contributed by atoms with Crippen LogP contribution < -0.4 is 5.32 Å². The molecule has 0 spiro atoms. The summed E-state index contributed by atoms with van der Waals surface area (Å²) in [5.41, 5.74) is 0.410. The SMILES string of the molecule is O=[N+]([O-])c1cc(C2CCNC2)ccc1F. The first-order valence-corrected chi connectivity index (χ1v) is 4.83. The summed E-state index contributed by atoms with van der Waals surface area (Å²) in [5.74, 6) is -0.501. The highest BCUT2D eigenvalue weighted by Crippen LogP contribution is 2.27. The first-order chi connectivity index (χ1) is 7.18. The highest BCUT2D eigenvalue weighted by atomic mass is 19.1. The first kappa shape index (κ1) is 10.0. The van der Waals surface area contributed by atoms with Crippen molar-refractivity contribution in [3.05, 3.63) is 39.7 Å². The van der Waals surface area contributed by atoms with E-state index in [9.17, 15) is 14.5 Å². The lowest BCUT2D eigenvalue weighted by Gasteiger charge is -2.07. The van der Waals surface area contributed by atoms with Crippen molar-refractivity contribution in [3.63, 3.8) is 0 Å². The molecule has 1 unspecified atom stereocenters. The van der Waals surface area contributed by atoms with Gasteiger partial charge < -0.3 is 5.32 Å². The second-order valence-corrected chi connectivity index (χ2v) is 3.66. The molecule has 1 aliphatic rings. The first-order valence-electron chi connectivity index (χ1n) is 4.83. The maximum Gasteiger partial charge on any atom is 0.305 e. The Balaban J connectivity index is 2.33. The van der Waals surface area contributed by atoms with Gasteiger partial charge in [0, 0.05) is 12.6 Å². The molecule has 1 aromatic rings. The zero-order chi connectivity index (χ0) is 10.8. The van der Waals surface area contributed by atoms with Crippen LogP contribution in [0.25, 0.3) is 0 Å². The van der Waals surface area contributed by atoms with Gasteiger partial charge in [-0.05, 0) is 30.5 Å². The molecule has 80 valence electrons. The van der Waals surface area contributed by atoms with Crippen LogP contribution in [0.4, 0.5) is 10.1 Å². The van der Waals surface area contributed by atoms with Gasteiger partial charge in [0.2, 0.25) is 5.82 Å². The molecule has 1 fully saturated rings. The largest absolute Gasteiger partial charge is 0.316 e. The van der Waals surface area contributed by atoms with Crippen molar-refractivity contribution in [1.82, 2.24) is 5.32 Å². The number of halogens is 1. The standard InChI is InChI=1S/C10H11FN2O2/c11-9-2-1-7(5-10(9)13(14)15)8-3-4-12-6-8/h1-2,5,8,12H,3-4,6H2. The zero-order valence-corrected chi connectivity index (χ0v) is 8.07. The highest BCUT2D eigenvalue weighted by molar-refractivity contribution is 5.38. The van der Waals surface area contributed by atoms with Crippen LogP contribution in [0.15, 0.2) is 18.2 Å². The van der Waals surface area contributed by atoms with E-state index in [0.29, 0.717) is 0 Å². The number of hydrogen-bond donors (Lipinski definition) is 1. The smallest absolute Gasteiger partial charge is 0.305 e. The van der Waals surface area contributed by atoms with Crippen molar-refractivity contribution in [2.75, 3.05) is 13.1 Å². The van der Waals surface area contributed by atoms with Gasteiger partial charge >= 0.3 is 5.69 Å². The summed E-state index contributed by atoms with van der Waals surface area (Å²) in [4.78, 5) is 9.86. The number of hydrogen-bond acceptors (Lipinski definition) is 3. The number of nitrogens with one attached hydrogen (secondary N) is 1. The van der Waals surface area contributed by atoms with E-state index in [1.54, 1.807) is 6.07 Å². The molecule has 0 amide bonds. The van der Waals surface area contributed by atoms with Crippen LogP contribution in [0.2, 0.25) is 0 Å². The molecule has 2 rings (SSSR count). The van der Waals surface area contributed by atoms with E-state index >= 15 is 0 Å². The van der Waals surface area contributed by atoms with Crippen LogP contribution in [-0.4, -0.2) is 18.0 Å². The maximum absolute atomic E-state index is 13.1. The van der Waals surface area contributed by atoms with E-state index in [2.05, 4.69) is 5.32 Å². The predicted octanol–water partition coefficient (Wildman–Crippen LogP) is 1.81. The van der Waals surface area contributed by atoms with Gasteiger partial charge in [0.1, 0.15) is 0 Å². The minimum absolute atomic E-state index is 0.268. The fourth-order valence-electron chi connectivity index (χ4n) is 1.86. The average Bonchev–Trinajstić information content (AvgIpc) is 2.71. The molecule has 0 radical (unpaired) electrons. The third-order valence-electron chi connectivity index (χ3n) is 2.70. The summed E-state index contributed by atoms with van der Waals surface area (Å²) in [5, 5.41) is 13.7. The van der Waals surface area contributed by atoms with Crippen LogP contribution in [-0.2, 0) is 0 Å². The average molecular weight is 210 g/mol. The summed E-state index contributed by atoms with van der Waals surface area (Å²) in [7, 11) is 0. The Hall–Kier alpha value is -1.49. The van der Waals surface area contributed by atoms with Gasteiger partial charge in [-0.1, -0.05) is 6.07 Å². The monoisotopic (exact) mass is 210 g/mol. The molecule has 5 heteroatoms. The minimum atomic E-state index is -0.769. The van der Waals surface area contributed by atoms with Crippen LogP contribution >= 0.6 is 0 Å². The molecule has 1 saturated heterocycles. The van der Waals surface area contributed by atoms with Gasteiger partial charge in [0.15, 0.2) is 0 Å². The lowest BCUT2D eigenvalue weighted by atomic mass is 9.98. The quantitative estimate of drug-likeness (QED) is 0.598. The Kier molecular flexibility index (Phi) is 2.64. The van der Waals surface area contributed by atoms with Gasteiger partial charge in [0.25, 0.3) is 0 Å². The third kappa shape index (κ3) is 1.97. The van der Waals surface area contributed by atoms with Gasteiger partial charge in [0.05, 0.1) is 4.92 Å². The summed E-state index contributed by atoms with van der Waals surface area (Å²) < 4.78 is 13.1. The van der Waals surface area contributed by atoms with Crippen molar-refractivity contribution in [3.8, 4) is 0 Å². The Morgan fingerprint density at radius 1 is 1.53 bits per heavy atom. The maximum atomic E-state index is 13.1. The van der Waals surface area contributed by atoms with Crippen molar-refractivity contribution in [2.45, 2.75) is 12.3 Å². The molecule has 1 N–H and O–H groups in total. The molecule has 0 aromatic heterocycles. The molecule has 1 aliphatic heterocycles. The van der Waals surface area contributed by atoms with Crippen LogP contribution in [0, 0.1) is 15.9 Å². The lowest BCUT2D eigenvalue weighted by Crippen LogP contribution is -2.08. The van der Waals surface area contributed by atoms with Crippen molar-refractivity contribution in [2.24, 2.45) is 0 Å². The Labute approximate surface area is 86.3 Å². The molecule has 0 aliphatic carbocycles. The Bertz CT molecular complexity index is 389. The highest BCUT2D eigenvalue weighted by Gasteiger charge is 2.21. The number of nitro benzene ring substituents is 1. The van der Waals surface area contributed by atoms with Crippen molar-refractivity contribution in [1.29, 1.82) is 0 Å². The number of nitrogens with zero attached hydrogens (tertiary/aromatic N) is 1. The lowest BCUT2D eigenvalue weighted by molar-refractivity contribution is -0.387. The predicted molar refractivity (Wildman–Crippen MR) is 53.3 cm³/mol. The Morgan fingerprint density at radius 2 is 2.33 bits per heavy atom. The normalized spacial score (nSPS) is 20.5. The summed E-state index contributed by atoms with van der Waals surface area (Å²) in [6.07, 6.45) is 0.947. The zero-order valence-electron chi connectivity index (χ0n) is 8.07. The fraction of sp³-hybridized carbons (Fsp3) is 0.400. The van der Waals surface area contributed by atoms with E-state index in [4.69, 9.17) is 0 Å². The summed E-state index contributed by atoms with van der Waals surface area (Å²) >= 11 is 0. The molecule has 1 aromatic carbocycles. The molecule has 0 saturated carbocycles. The van der Waals surface area contributed by atoms with Crippen molar-refractivity contribution < 1.29 is 9.31 Å². The second kappa shape index (κ2) is 3.94. The molecule has 1 heterocycles. The fourth-order valence-corrected chi connectivity index (χ4v) is 1.86. The number of rotatable bonds is 2. The minimum Gasteiger partial charge on any atom is -0.316 e. The summed E-state index contributed by atoms with van der Waals surface area (Å²) in [6.45, 7) is 1.72. The van der Waals surface area contributed by atoms with E-state index in [0.717, 1.165) is 25.1 Å². The van der Waals surface area contributed by atoms with E-state index in [-0.39, 0.29) is 5.92 Å². The molecular formula is C10H11FN2O2.